The first-order valence-electron chi connectivity index (χ1n) is 23.1. The summed E-state index contributed by atoms with van der Waals surface area (Å²) in [6, 6.07) is 19.7. The van der Waals surface area contributed by atoms with Crippen molar-refractivity contribution < 1.29 is 27.1 Å². The van der Waals surface area contributed by atoms with Gasteiger partial charge in [0.1, 0.15) is 22.0 Å². The summed E-state index contributed by atoms with van der Waals surface area (Å²) in [5, 5.41) is 16.0. The fourth-order valence-electron chi connectivity index (χ4n) is 10.8. The van der Waals surface area contributed by atoms with Crippen molar-refractivity contribution in [1.82, 2.24) is 24.6 Å². The third-order valence-corrected chi connectivity index (χ3v) is 16.4. The van der Waals surface area contributed by atoms with Gasteiger partial charge in [-0.3, -0.25) is 24.0 Å². The van der Waals surface area contributed by atoms with Gasteiger partial charge in [-0.1, -0.05) is 31.2 Å². The number of fused-ring (bicyclic) bond motifs is 1. The molecule has 1 spiro atoms. The number of aryl methyl sites for hydroxylation is 1. The number of carbonyl (C=O) groups excluding carboxylic acids is 1. The van der Waals surface area contributed by atoms with Crippen molar-refractivity contribution in [1.29, 1.82) is 0 Å². The Kier molecular flexibility index (Phi) is 12.8. The molecule has 5 heterocycles. The van der Waals surface area contributed by atoms with E-state index in [1.54, 1.807) is 36.9 Å². The SMILES string of the molecule is CCc1ccccc1[C@@H]1CCCN1C1CC2(CCN(c3ccc(C(=O)NS(=O)(=O)c4cnc(NCC5CCC(N=S(C)(C)=O)CC5)c([N+](=O)[O-])c4)c(Oc4cnc5[nH]ccc5c4)c3)CC2)C1. The van der Waals surface area contributed by atoms with Gasteiger partial charge in [-0.15, -0.1) is 0 Å². The first kappa shape index (κ1) is 45.6. The van der Waals surface area contributed by atoms with E-state index < -0.39 is 41.2 Å². The van der Waals surface area contributed by atoms with Crippen LogP contribution in [0.3, 0.4) is 0 Å². The van der Waals surface area contributed by atoms with Crippen LogP contribution in [0.25, 0.3) is 11.0 Å². The van der Waals surface area contributed by atoms with Crippen LogP contribution in [-0.2, 0) is 26.2 Å². The van der Waals surface area contributed by atoms with Crippen molar-refractivity contribution in [2.75, 3.05) is 48.9 Å². The zero-order chi connectivity index (χ0) is 46.2. The number of H-pyrrole nitrogens is 1. The van der Waals surface area contributed by atoms with Gasteiger partial charge in [0.05, 0.1) is 28.9 Å². The summed E-state index contributed by atoms with van der Waals surface area (Å²) >= 11 is 0. The number of hydrogen-bond acceptors (Lipinski definition) is 13. The van der Waals surface area contributed by atoms with E-state index in [9.17, 15) is 27.5 Å². The van der Waals surface area contributed by atoms with Crippen LogP contribution in [-0.4, -0.2) is 94.1 Å². The number of aromatic amines is 1. The second-order valence-corrected chi connectivity index (χ2v) is 23.2. The number of pyridine rings is 2. The van der Waals surface area contributed by atoms with Gasteiger partial charge in [-0.05, 0) is 124 Å². The van der Waals surface area contributed by atoms with Crippen LogP contribution in [0.2, 0.25) is 0 Å². The number of rotatable bonds is 14. The number of nitro groups is 1. The molecule has 350 valence electrons. The van der Waals surface area contributed by atoms with Crippen LogP contribution in [0.1, 0.15) is 98.7 Å². The van der Waals surface area contributed by atoms with E-state index in [-0.39, 0.29) is 29.1 Å². The lowest BCUT2D eigenvalue weighted by Gasteiger charge is -2.56. The fraction of sp³-hybridized carbons (Fsp3) is 0.479. The molecule has 1 atom stereocenters. The number of nitrogens with zero attached hydrogens (tertiary/aromatic N) is 6. The van der Waals surface area contributed by atoms with E-state index in [2.05, 4.69) is 70.3 Å². The molecule has 3 N–H and O–H groups in total. The van der Waals surface area contributed by atoms with Gasteiger partial charge in [0.25, 0.3) is 15.9 Å². The lowest BCUT2D eigenvalue weighted by molar-refractivity contribution is -0.384. The summed E-state index contributed by atoms with van der Waals surface area (Å²) in [5.41, 5.74) is 4.18. The molecule has 5 aromatic rings. The Bertz CT molecular complexity index is 2850. The van der Waals surface area contributed by atoms with Gasteiger partial charge in [-0.2, -0.15) is 0 Å². The number of anilines is 2. The molecular weight excluding hydrogens is 879 g/mol. The van der Waals surface area contributed by atoms with E-state index >= 15 is 0 Å². The Balaban J connectivity index is 0.882. The number of likely N-dealkylation sites (tertiary alicyclic amines) is 1. The first-order valence-corrected chi connectivity index (χ1v) is 26.9. The number of sulfonamides is 1. The van der Waals surface area contributed by atoms with Gasteiger partial charge in [0.15, 0.2) is 0 Å². The zero-order valence-electron chi connectivity index (χ0n) is 37.8. The molecule has 3 aromatic heterocycles. The molecule has 2 saturated carbocycles. The highest BCUT2D eigenvalue weighted by Gasteiger charge is 2.50. The standard InChI is InChI=1S/C48H59N9O7S2/c1-4-33-8-5-6-9-40(33)42-10-7-21-56(42)37-27-48(28-37)18-22-55(23-19-48)36-15-16-41(44(25-36)64-38-24-34-17-20-49-45(34)51-30-38)47(58)54-66(62,63)39-26-43(57(59)60)46(52-31-39)50-29-32-11-13-35(14-12-32)53-65(2,3)61/h5-6,8-9,15-17,20,24-26,30-32,35,37,42H,4,7,10-14,18-19,21-23,27-29H2,1-3H3,(H,49,51)(H,50,52)(H,54,58)/t32?,35?,42-/m0/s1. The lowest BCUT2D eigenvalue weighted by Crippen LogP contribution is -2.54. The van der Waals surface area contributed by atoms with Gasteiger partial charge in [-0.25, -0.2) is 27.5 Å². The number of piperidine rings is 1. The molecule has 4 aliphatic rings. The molecule has 1 amide bonds. The molecule has 2 aromatic carbocycles. The largest absolute Gasteiger partial charge is 0.455 e. The Morgan fingerprint density at radius 3 is 2.48 bits per heavy atom. The topological polar surface area (TPSA) is 205 Å². The van der Waals surface area contributed by atoms with E-state index in [4.69, 9.17) is 4.74 Å². The van der Waals surface area contributed by atoms with Crippen LogP contribution in [0.5, 0.6) is 11.5 Å². The van der Waals surface area contributed by atoms with Crippen molar-refractivity contribution in [3.05, 3.63) is 106 Å². The normalized spacial score (nSPS) is 21.4. The second kappa shape index (κ2) is 18.6. The Labute approximate surface area is 386 Å². The van der Waals surface area contributed by atoms with Crippen LogP contribution >= 0.6 is 0 Å². The van der Waals surface area contributed by atoms with Crippen molar-refractivity contribution in [3.8, 4) is 11.5 Å². The number of amides is 1. The third kappa shape index (κ3) is 9.91. The van der Waals surface area contributed by atoms with Crippen molar-refractivity contribution in [3.63, 3.8) is 0 Å². The monoisotopic (exact) mass is 937 g/mol. The summed E-state index contributed by atoms with van der Waals surface area (Å²) in [4.78, 5) is 41.6. The molecule has 9 rings (SSSR count). The number of benzene rings is 2. The number of carbonyl (C=O) groups is 1. The number of aromatic nitrogens is 3. The minimum Gasteiger partial charge on any atom is -0.455 e. The van der Waals surface area contributed by atoms with Crippen LogP contribution in [0, 0.1) is 21.4 Å². The summed E-state index contributed by atoms with van der Waals surface area (Å²) in [6.45, 7) is 5.45. The molecule has 18 heteroatoms. The van der Waals surface area contributed by atoms with E-state index in [0.29, 0.717) is 35.4 Å². The molecule has 0 radical (unpaired) electrons. The highest BCUT2D eigenvalue weighted by atomic mass is 32.2. The molecule has 66 heavy (non-hydrogen) atoms. The average molecular weight is 938 g/mol. The summed E-state index contributed by atoms with van der Waals surface area (Å²) in [6.07, 6.45) is 18.6. The van der Waals surface area contributed by atoms with Gasteiger partial charge in [0.2, 0.25) is 5.82 Å². The van der Waals surface area contributed by atoms with Crippen LogP contribution in [0.4, 0.5) is 17.2 Å². The Hall–Kier alpha value is -5.59. The minimum atomic E-state index is -4.64. The fourth-order valence-corrected chi connectivity index (χ4v) is 12.7. The molecule has 4 fully saturated rings. The highest BCUT2D eigenvalue weighted by Crippen LogP contribution is 2.54. The maximum atomic E-state index is 14.0. The summed E-state index contributed by atoms with van der Waals surface area (Å²) in [5.74, 6) is -0.372. The maximum absolute atomic E-state index is 14.0. The van der Waals surface area contributed by atoms with E-state index in [1.165, 1.54) is 43.0 Å². The van der Waals surface area contributed by atoms with Crippen molar-refractivity contribution in [2.45, 2.75) is 101 Å². The third-order valence-electron chi connectivity index (χ3n) is 14.3. The van der Waals surface area contributed by atoms with Crippen molar-refractivity contribution >= 4 is 53.9 Å². The second-order valence-electron chi connectivity index (χ2n) is 18.9. The predicted molar refractivity (Wildman–Crippen MR) is 256 cm³/mol. The first-order chi connectivity index (χ1) is 31.7. The molecule has 0 bridgehead atoms. The van der Waals surface area contributed by atoms with Gasteiger partial charge < -0.3 is 19.9 Å². The Morgan fingerprint density at radius 2 is 1.74 bits per heavy atom. The van der Waals surface area contributed by atoms with Gasteiger partial charge in [0, 0.05) is 83.4 Å². The number of ether oxygens (including phenoxy) is 1. The minimum absolute atomic E-state index is 0.0223. The molecule has 2 saturated heterocycles. The molecular formula is C48H59N9O7S2. The molecule has 2 aliphatic carbocycles. The molecule has 0 unspecified atom stereocenters. The van der Waals surface area contributed by atoms with Crippen LogP contribution < -0.4 is 19.7 Å². The molecule has 2 aliphatic heterocycles. The average Bonchev–Trinajstić information content (AvgIpc) is 3.97. The van der Waals surface area contributed by atoms with Crippen LogP contribution in [0.15, 0.2) is 88.5 Å². The summed E-state index contributed by atoms with van der Waals surface area (Å²) < 4.78 is 52.5. The quantitative estimate of drug-likeness (QED) is 0.0707. The number of hydrogen-bond donors (Lipinski definition) is 3. The zero-order valence-corrected chi connectivity index (χ0v) is 39.4. The predicted octanol–water partition coefficient (Wildman–Crippen LogP) is 8.62. The molecule has 16 nitrogen and oxygen atoms in total. The lowest BCUT2D eigenvalue weighted by atomic mass is 9.59. The highest BCUT2D eigenvalue weighted by molar-refractivity contribution is 7.92. The van der Waals surface area contributed by atoms with Gasteiger partial charge >= 0.3 is 5.69 Å². The number of nitrogens with one attached hydrogen (secondary N) is 3. The summed E-state index contributed by atoms with van der Waals surface area (Å²) in [7, 11) is -6.84. The van der Waals surface area contributed by atoms with Crippen molar-refractivity contribution in [2.24, 2.45) is 15.7 Å². The Morgan fingerprint density at radius 1 is 0.970 bits per heavy atom. The maximum Gasteiger partial charge on any atom is 0.312 e. The van der Waals surface area contributed by atoms with E-state index in [0.717, 1.165) is 87.9 Å². The smallest absolute Gasteiger partial charge is 0.312 e. The van der Waals surface area contributed by atoms with E-state index in [1.807, 2.05) is 12.1 Å².